The van der Waals surface area contributed by atoms with E-state index in [4.69, 9.17) is 10.6 Å². The fraction of sp³-hybridized carbons (Fsp3) is 0.909. The van der Waals surface area contributed by atoms with Crippen molar-refractivity contribution in [1.29, 1.82) is 0 Å². The Morgan fingerprint density at radius 1 is 1.26 bits per heavy atom. The smallest absolute Gasteiger partial charge is 0.356 e. The summed E-state index contributed by atoms with van der Waals surface area (Å²) < 4.78 is 19.9. The molecule has 0 radical (unpaired) electrons. The number of carbonyl (C=O) groups is 1. The molecule has 8 heteroatoms. The van der Waals surface area contributed by atoms with Gasteiger partial charge < -0.3 is 15.9 Å². The molecule has 0 spiro atoms. The monoisotopic (exact) mass is 296 g/mol. The second-order valence-electron chi connectivity index (χ2n) is 4.14. The molecule has 0 aliphatic carbocycles. The van der Waals surface area contributed by atoms with E-state index in [2.05, 4.69) is 14.4 Å². The molecule has 0 aromatic heterocycles. The number of rotatable bonds is 12. The lowest BCUT2D eigenvalue weighted by molar-refractivity contribution is -0.121. The van der Waals surface area contributed by atoms with Gasteiger partial charge in [-0.1, -0.05) is 12.8 Å². The van der Waals surface area contributed by atoms with Crippen molar-refractivity contribution in [2.75, 3.05) is 26.8 Å². The highest BCUT2D eigenvalue weighted by atomic mass is 31.2. The Balaban J connectivity index is 3.28. The van der Waals surface area contributed by atoms with Crippen LogP contribution < -0.4 is 11.1 Å². The zero-order valence-electron chi connectivity index (χ0n) is 11.5. The van der Waals surface area contributed by atoms with Crippen molar-refractivity contribution in [2.45, 2.75) is 38.5 Å². The van der Waals surface area contributed by atoms with Crippen molar-refractivity contribution in [3.05, 3.63) is 0 Å². The van der Waals surface area contributed by atoms with Crippen LogP contribution in [0.2, 0.25) is 0 Å². The molecule has 1 amide bonds. The van der Waals surface area contributed by atoms with Crippen LogP contribution in [0.15, 0.2) is 0 Å². The van der Waals surface area contributed by atoms with Crippen LogP contribution in [-0.2, 0) is 18.4 Å². The van der Waals surface area contributed by atoms with E-state index >= 15 is 0 Å². The Labute approximate surface area is 114 Å². The lowest BCUT2D eigenvalue weighted by Gasteiger charge is -2.08. The first-order chi connectivity index (χ1) is 9.02. The SMILES string of the molecule is COP(=O)(O)OCCCCCCNC(=O)CCCN. The van der Waals surface area contributed by atoms with Gasteiger partial charge in [-0.2, -0.15) is 0 Å². The average Bonchev–Trinajstić information content (AvgIpc) is 2.39. The third-order valence-electron chi connectivity index (χ3n) is 2.49. The fourth-order valence-corrected chi connectivity index (χ4v) is 1.86. The van der Waals surface area contributed by atoms with Gasteiger partial charge in [0.05, 0.1) is 6.61 Å². The van der Waals surface area contributed by atoms with E-state index in [0.717, 1.165) is 26.4 Å². The number of hydrogen-bond acceptors (Lipinski definition) is 5. The van der Waals surface area contributed by atoms with Crippen molar-refractivity contribution >= 4 is 13.7 Å². The number of unbranched alkanes of at least 4 members (excludes halogenated alkanes) is 3. The van der Waals surface area contributed by atoms with Gasteiger partial charge in [0.2, 0.25) is 5.91 Å². The summed E-state index contributed by atoms with van der Waals surface area (Å²) in [5, 5.41) is 2.81. The zero-order valence-corrected chi connectivity index (χ0v) is 12.4. The van der Waals surface area contributed by atoms with E-state index in [1.165, 1.54) is 0 Å². The molecule has 1 unspecified atom stereocenters. The van der Waals surface area contributed by atoms with Gasteiger partial charge in [0.15, 0.2) is 0 Å². The standard InChI is InChI=1S/C11H25N2O5P/c1-17-19(15,16)18-10-5-3-2-4-9-13-11(14)7-6-8-12/h2-10,12H2,1H3,(H,13,14)(H,15,16). The van der Waals surface area contributed by atoms with Crippen molar-refractivity contribution in [1.82, 2.24) is 5.32 Å². The summed E-state index contributed by atoms with van der Waals surface area (Å²) in [5.74, 6) is 0.0371. The van der Waals surface area contributed by atoms with Crippen LogP contribution in [0, 0.1) is 0 Å². The molecule has 0 aromatic rings. The van der Waals surface area contributed by atoms with Gasteiger partial charge in [0, 0.05) is 20.1 Å². The van der Waals surface area contributed by atoms with Crippen LogP contribution in [0.25, 0.3) is 0 Å². The molecule has 0 heterocycles. The number of amides is 1. The molecule has 0 saturated carbocycles. The zero-order chi connectivity index (χ0) is 14.6. The molecule has 0 fully saturated rings. The van der Waals surface area contributed by atoms with Crippen LogP contribution in [0.1, 0.15) is 38.5 Å². The van der Waals surface area contributed by atoms with Gasteiger partial charge in [-0.05, 0) is 25.8 Å². The first kappa shape index (κ1) is 18.5. The molecule has 4 N–H and O–H groups in total. The number of nitrogens with two attached hydrogens (primary N) is 1. The first-order valence-electron chi connectivity index (χ1n) is 6.51. The van der Waals surface area contributed by atoms with Gasteiger partial charge in [-0.25, -0.2) is 4.57 Å². The Morgan fingerprint density at radius 2 is 1.95 bits per heavy atom. The van der Waals surface area contributed by atoms with E-state index in [9.17, 15) is 9.36 Å². The van der Waals surface area contributed by atoms with E-state index in [1.54, 1.807) is 0 Å². The Morgan fingerprint density at radius 3 is 2.58 bits per heavy atom. The summed E-state index contributed by atoms with van der Waals surface area (Å²) in [4.78, 5) is 20.2. The number of nitrogens with one attached hydrogen (secondary N) is 1. The van der Waals surface area contributed by atoms with Crippen molar-refractivity contribution in [2.24, 2.45) is 5.73 Å². The molecule has 7 nitrogen and oxygen atoms in total. The highest BCUT2D eigenvalue weighted by Crippen LogP contribution is 2.41. The lowest BCUT2D eigenvalue weighted by atomic mass is 10.2. The summed E-state index contributed by atoms with van der Waals surface area (Å²) in [6, 6.07) is 0. The summed E-state index contributed by atoms with van der Waals surface area (Å²) in [6.07, 6.45) is 4.58. The molecular formula is C11H25N2O5P. The third kappa shape index (κ3) is 12.3. The minimum Gasteiger partial charge on any atom is -0.356 e. The van der Waals surface area contributed by atoms with Gasteiger partial charge >= 0.3 is 7.82 Å². The molecule has 0 rings (SSSR count). The van der Waals surface area contributed by atoms with Gasteiger partial charge in [-0.15, -0.1) is 0 Å². The predicted molar refractivity (Wildman–Crippen MR) is 72.6 cm³/mol. The third-order valence-corrected chi connectivity index (χ3v) is 3.46. The topological polar surface area (TPSA) is 111 Å². The van der Waals surface area contributed by atoms with E-state index in [-0.39, 0.29) is 12.5 Å². The first-order valence-corrected chi connectivity index (χ1v) is 8.01. The Hall–Kier alpha value is -0.460. The second kappa shape index (κ2) is 11.4. The fourth-order valence-electron chi connectivity index (χ4n) is 1.39. The number of phosphoric acid groups is 1. The summed E-state index contributed by atoms with van der Waals surface area (Å²) in [7, 11) is -2.69. The maximum Gasteiger partial charge on any atom is 0.471 e. The van der Waals surface area contributed by atoms with E-state index < -0.39 is 7.82 Å². The molecule has 0 bridgehead atoms. The maximum absolute atomic E-state index is 11.2. The summed E-state index contributed by atoms with van der Waals surface area (Å²) in [5.41, 5.74) is 5.30. The average molecular weight is 296 g/mol. The van der Waals surface area contributed by atoms with E-state index in [1.807, 2.05) is 0 Å². The van der Waals surface area contributed by atoms with Crippen LogP contribution in [0.3, 0.4) is 0 Å². The van der Waals surface area contributed by atoms with E-state index in [0.29, 0.717) is 32.4 Å². The quantitative estimate of drug-likeness (QED) is 0.368. The predicted octanol–water partition coefficient (Wildman–Crippen LogP) is 1.17. The lowest BCUT2D eigenvalue weighted by Crippen LogP contribution is -2.24. The molecule has 19 heavy (non-hydrogen) atoms. The second-order valence-corrected chi connectivity index (χ2v) is 5.70. The van der Waals surface area contributed by atoms with Crippen LogP contribution >= 0.6 is 7.82 Å². The van der Waals surface area contributed by atoms with Crippen molar-refractivity contribution in [3.8, 4) is 0 Å². The van der Waals surface area contributed by atoms with Crippen molar-refractivity contribution in [3.63, 3.8) is 0 Å². The highest BCUT2D eigenvalue weighted by molar-refractivity contribution is 7.47. The Bertz CT molecular complexity index is 288. The number of hydrogen-bond donors (Lipinski definition) is 3. The largest absolute Gasteiger partial charge is 0.471 e. The van der Waals surface area contributed by atoms with Crippen LogP contribution in [0.5, 0.6) is 0 Å². The minimum absolute atomic E-state index is 0.0371. The summed E-state index contributed by atoms with van der Waals surface area (Å²) in [6.45, 7) is 1.38. The van der Waals surface area contributed by atoms with Crippen LogP contribution in [-0.4, -0.2) is 37.6 Å². The minimum atomic E-state index is -3.83. The molecule has 0 aliphatic heterocycles. The normalized spacial score (nSPS) is 14.1. The van der Waals surface area contributed by atoms with Gasteiger partial charge in [0.1, 0.15) is 0 Å². The number of phosphoric ester groups is 1. The maximum atomic E-state index is 11.2. The van der Waals surface area contributed by atoms with Crippen molar-refractivity contribution < 1.29 is 23.3 Å². The number of carbonyl (C=O) groups excluding carboxylic acids is 1. The highest BCUT2D eigenvalue weighted by Gasteiger charge is 2.17. The molecule has 0 aliphatic rings. The molecule has 1 atom stereocenters. The van der Waals surface area contributed by atoms with Gasteiger partial charge in [-0.3, -0.25) is 13.8 Å². The summed E-state index contributed by atoms with van der Waals surface area (Å²) >= 11 is 0. The molecule has 0 saturated heterocycles. The van der Waals surface area contributed by atoms with Gasteiger partial charge in [0.25, 0.3) is 0 Å². The Kier molecular flexibility index (Phi) is 11.1. The molecule has 0 aromatic carbocycles. The molecule has 114 valence electrons. The molecular weight excluding hydrogens is 271 g/mol. The van der Waals surface area contributed by atoms with Crippen LogP contribution in [0.4, 0.5) is 0 Å².